The summed E-state index contributed by atoms with van der Waals surface area (Å²) in [6.07, 6.45) is 3.62. The summed E-state index contributed by atoms with van der Waals surface area (Å²) in [5.41, 5.74) is 0. The van der Waals surface area contributed by atoms with Gasteiger partial charge in [-0.25, -0.2) is 0 Å². The van der Waals surface area contributed by atoms with Gasteiger partial charge in [-0.1, -0.05) is 0 Å². The quantitative estimate of drug-likeness (QED) is 0.570. The molecule has 106 valence electrons. The lowest BCUT2D eigenvalue weighted by atomic mass is 10.1. The van der Waals surface area contributed by atoms with Crippen LogP contribution in [0.5, 0.6) is 0 Å². The van der Waals surface area contributed by atoms with E-state index in [9.17, 15) is 9.59 Å². The molecular weight excluding hydrogens is 250 g/mol. The highest BCUT2D eigenvalue weighted by Gasteiger charge is 2.14. The number of likely N-dealkylation sites (N-methyl/N-ethyl adjacent to an activating group) is 1. The minimum atomic E-state index is -0.288. The van der Waals surface area contributed by atoms with Gasteiger partial charge in [0.2, 0.25) is 0 Å². The number of Topliss-reactive ketones (excluding diaryl/α,β-unsaturated/α-hetero) is 1. The lowest BCUT2D eigenvalue weighted by Gasteiger charge is -2.23. The van der Waals surface area contributed by atoms with E-state index in [4.69, 9.17) is 4.74 Å². The van der Waals surface area contributed by atoms with Crippen LogP contribution in [0, 0.1) is 0 Å². The minimum absolute atomic E-state index is 0.0987. The van der Waals surface area contributed by atoms with E-state index in [2.05, 4.69) is 13.2 Å². The molecule has 0 rings (SSSR count). The maximum Gasteiger partial charge on any atom is 0.306 e. The predicted molar refractivity (Wildman–Crippen MR) is 76.0 cm³/mol. The van der Waals surface area contributed by atoms with Crippen LogP contribution in [0.15, 0.2) is 0 Å². The van der Waals surface area contributed by atoms with E-state index in [1.54, 1.807) is 6.92 Å². The Labute approximate surface area is 114 Å². The average molecular weight is 275 g/mol. The van der Waals surface area contributed by atoms with Crippen molar-refractivity contribution in [3.8, 4) is 0 Å². The molecular formula is C13H25NO3S. The van der Waals surface area contributed by atoms with E-state index in [1.807, 2.05) is 23.7 Å². The van der Waals surface area contributed by atoms with Crippen LogP contribution in [0.3, 0.4) is 0 Å². The Hall–Kier alpha value is -0.550. The number of hydrogen-bond donors (Lipinski definition) is 0. The number of thioether (sulfide) groups is 1. The fourth-order valence-corrected chi connectivity index (χ4v) is 2.07. The first kappa shape index (κ1) is 17.4. The lowest BCUT2D eigenvalue weighted by molar-refractivity contribution is -0.144. The zero-order chi connectivity index (χ0) is 14.0. The Morgan fingerprint density at radius 2 is 2.00 bits per heavy atom. The highest BCUT2D eigenvalue weighted by atomic mass is 32.2. The van der Waals surface area contributed by atoms with Gasteiger partial charge in [0, 0.05) is 12.5 Å². The fraction of sp³-hybridized carbons (Fsp3) is 0.846. The monoisotopic (exact) mass is 275 g/mol. The molecule has 1 atom stereocenters. The molecule has 0 aliphatic rings. The van der Waals surface area contributed by atoms with Gasteiger partial charge in [0.15, 0.2) is 0 Å². The standard InChI is InChI=1S/C13H25NO3S/c1-5-17-13(16)7-6-12(15)10-14(3)11(2)8-9-18-4/h11H,5-10H2,1-4H3. The molecule has 0 aromatic carbocycles. The molecule has 0 heterocycles. The van der Waals surface area contributed by atoms with Crippen LogP contribution < -0.4 is 0 Å². The van der Waals surface area contributed by atoms with Crippen molar-refractivity contribution in [3.05, 3.63) is 0 Å². The molecule has 0 bridgehead atoms. The number of esters is 1. The van der Waals surface area contributed by atoms with Crippen LogP contribution in [0.25, 0.3) is 0 Å². The third-order valence-corrected chi connectivity index (χ3v) is 3.48. The van der Waals surface area contributed by atoms with Crippen molar-refractivity contribution in [3.63, 3.8) is 0 Å². The van der Waals surface area contributed by atoms with Crippen molar-refractivity contribution in [2.24, 2.45) is 0 Å². The summed E-state index contributed by atoms with van der Waals surface area (Å²) < 4.78 is 4.79. The molecule has 0 aliphatic heterocycles. The predicted octanol–water partition coefficient (Wildman–Crippen LogP) is 1.97. The summed E-state index contributed by atoms with van der Waals surface area (Å²) in [6, 6.07) is 0.393. The van der Waals surface area contributed by atoms with E-state index in [1.165, 1.54) is 0 Å². The number of ether oxygens (including phenoxy) is 1. The molecule has 4 nitrogen and oxygen atoms in total. The molecule has 1 unspecified atom stereocenters. The van der Waals surface area contributed by atoms with E-state index < -0.39 is 0 Å². The number of ketones is 1. The summed E-state index contributed by atoms with van der Waals surface area (Å²) in [6.45, 7) is 4.67. The van der Waals surface area contributed by atoms with Crippen molar-refractivity contribution in [1.29, 1.82) is 0 Å². The SMILES string of the molecule is CCOC(=O)CCC(=O)CN(C)C(C)CCSC. The molecule has 18 heavy (non-hydrogen) atoms. The third-order valence-electron chi connectivity index (χ3n) is 2.83. The Bertz CT molecular complexity index is 259. The van der Waals surface area contributed by atoms with Crippen LogP contribution in [0.1, 0.15) is 33.1 Å². The minimum Gasteiger partial charge on any atom is -0.466 e. The second-order valence-corrected chi connectivity index (χ2v) is 5.37. The molecule has 0 aromatic heterocycles. The zero-order valence-electron chi connectivity index (χ0n) is 11.9. The summed E-state index contributed by atoms with van der Waals surface area (Å²) in [5, 5.41) is 0. The maximum absolute atomic E-state index is 11.7. The van der Waals surface area contributed by atoms with Crippen molar-refractivity contribution in [1.82, 2.24) is 4.90 Å². The summed E-state index contributed by atoms with van der Waals surface area (Å²) in [5.74, 6) is 0.910. The van der Waals surface area contributed by atoms with Crippen LogP contribution >= 0.6 is 11.8 Å². The van der Waals surface area contributed by atoms with Crippen molar-refractivity contribution in [2.75, 3.05) is 32.2 Å². The topological polar surface area (TPSA) is 46.6 Å². The molecule has 0 radical (unpaired) electrons. The molecule has 0 spiro atoms. The van der Waals surface area contributed by atoms with Crippen LogP contribution in [-0.2, 0) is 14.3 Å². The average Bonchev–Trinajstić information content (AvgIpc) is 2.33. The van der Waals surface area contributed by atoms with Crippen LogP contribution in [0.2, 0.25) is 0 Å². The first-order chi connectivity index (χ1) is 8.51. The smallest absolute Gasteiger partial charge is 0.306 e. The van der Waals surface area contributed by atoms with Crippen molar-refractivity contribution < 1.29 is 14.3 Å². The van der Waals surface area contributed by atoms with Gasteiger partial charge in [0.05, 0.1) is 19.6 Å². The van der Waals surface area contributed by atoms with Gasteiger partial charge < -0.3 is 4.74 Å². The summed E-state index contributed by atoms with van der Waals surface area (Å²) in [7, 11) is 1.95. The van der Waals surface area contributed by atoms with Gasteiger partial charge in [-0.3, -0.25) is 14.5 Å². The number of hydrogen-bond acceptors (Lipinski definition) is 5. The van der Waals surface area contributed by atoms with Crippen molar-refractivity contribution >= 4 is 23.5 Å². The second kappa shape index (κ2) is 10.4. The molecule has 0 saturated carbocycles. The van der Waals surface area contributed by atoms with E-state index in [0.29, 0.717) is 19.2 Å². The first-order valence-corrected chi connectivity index (χ1v) is 7.77. The normalized spacial score (nSPS) is 12.5. The summed E-state index contributed by atoms with van der Waals surface area (Å²) in [4.78, 5) is 24.8. The number of carbonyl (C=O) groups is 2. The Morgan fingerprint density at radius 3 is 2.56 bits per heavy atom. The number of rotatable bonds is 10. The number of nitrogens with zero attached hydrogens (tertiary/aromatic N) is 1. The van der Waals surface area contributed by atoms with Gasteiger partial charge >= 0.3 is 5.97 Å². The number of carbonyl (C=O) groups excluding carboxylic acids is 2. The molecule has 0 fully saturated rings. The molecule has 0 N–H and O–H groups in total. The Balaban J connectivity index is 3.82. The van der Waals surface area contributed by atoms with Crippen molar-refractivity contribution in [2.45, 2.75) is 39.2 Å². The van der Waals surface area contributed by atoms with E-state index in [-0.39, 0.29) is 24.6 Å². The second-order valence-electron chi connectivity index (χ2n) is 4.39. The van der Waals surface area contributed by atoms with E-state index >= 15 is 0 Å². The molecule has 0 aromatic rings. The van der Waals surface area contributed by atoms with Gasteiger partial charge in [-0.2, -0.15) is 11.8 Å². The highest BCUT2D eigenvalue weighted by molar-refractivity contribution is 7.98. The lowest BCUT2D eigenvalue weighted by Crippen LogP contribution is -2.34. The largest absolute Gasteiger partial charge is 0.466 e. The Morgan fingerprint density at radius 1 is 1.33 bits per heavy atom. The zero-order valence-corrected chi connectivity index (χ0v) is 12.7. The van der Waals surface area contributed by atoms with Gasteiger partial charge in [-0.05, 0) is 39.3 Å². The van der Waals surface area contributed by atoms with Gasteiger partial charge in [-0.15, -0.1) is 0 Å². The fourth-order valence-electron chi connectivity index (χ4n) is 1.50. The van der Waals surface area contributed by atoms with E-state index in [0.717, 1.165) is 12.2 Å². The third kappa shape index (κ3) is 8.53. The summed E-state index contributed by atoms with van der Waals surface area (Å²) >= 11 is 1.81. The van der Waals surface area contributed by atoms with Crippen LogP contribution in [0.4, 0.5) is 0 Å². The maximum atomic E-state index is 11.7. The van der Waals surface area contributed by atoms with Crippen LogP contribution in [-0.4, -0.2) is 54.9 Å². The first-order valence-electron chi connectivity index (χ1n) is 6.37. The van der Waals surface area contributed by atoms with Gasteiger partial charge in [0.25, 0.3) is 0 Å². The Kier molecular flexibility index (Phi) is 10.1. The molecule has 0 aliphatic carbocycles. The molecule has 0 saturated heterocycles. The highest BCUT2D eigenvalue weighted by Crippen LogP contribution is 2.06. The van der Waals surface area contributed by atoms with Gasteiger partial charge in [0.1, 0.15) is 5.78 Å². The molecule has 0 amide bonds. The molecule has 5 heteroatoms.